The fraction of sp³-hybridized carbons (Fsp3) is 0.538. The van der Waals surface area contributed by atoms with E-state index in [1.165, 1.54) is 7.11 Å². The topological polar surface area (TPSA) is 93.9 Å². The number of amides is 2. The Bertz CT molecular complexity index is 1250. The number of hydrogen-bond donors (Lipinski definition) is 1. The van der Waals surface area contributed by atoms with Crippen molar-refractivity contribution >= 4 is 11.7 Å². The molecule has 0 saturated carbocycles. The van der Waals surface area contributed by atoms with E-state index < -0.39 is 30.7 Å². The first kappa shape index (κ1) is 27.5. The highest BCUT2D eigenvalue weighted by Crippen LogP contribution is 2.34. The Morgan fingerprint density at radius 2 is 2.03 bits per heavy atom. The fourth-order valence-corrected chi connectivity index (χ4v) is 4.68. The molecule has 1 aliphatic rings. The van der Waals surface area contributed by atoms with Crippen molar-refractivity contribution in [3.05, 3.63) is 36.3 Å². The van der Waals surface area contributed by atoms with Gasteiger partial charge in [0.1, 0.15) is 5.69 Å². The third-order valence-corrected chi connectivity index (χ3v) is 6.78. The predicted molar refractivity (Wildman–Crippen MR) is 135 cm³/mol. The second-order valence-electron chi connectivity index (χ2n) is 9.37. The van der Waals surface area contributed by atoms with Crippen LogP contribution in [0.15, 0.2) is 30.7 Å². The maximum Gasteiger partial charge on any atom is 0.389 e. The summed E-state index contributed by atoms with van der Waals surface area (Å²) in [6.45, 7) is 4.45. The molecule has 2 atom stereocenters. The maximum atomic E-state index is 13.3. The highest BCUT2D eigenvalue weighted by atomic mass is 19.4. The van der Waals surface area contributed by atoms with Gasteiger partial charge in [0, 0.05) is 43.7 Å². The van der Waals surface area contributed by atoms with Crippen LogP contribution in [0.25, 0.3) is 16.9 Å². The average Bonchev–Trinajstić information content (AvgIpc) is 3.37. The van der Waals surface area contributed by atoms with Gasteiger partial charge in [-0.15, -0.1) is 0 Å². The van der Waals surface area contributed by atoms with Gasteiger partial charge in [0.25, 0.3) is 0 Å². The highest BCUT2D eigenvalue weighted by Gasteiger charge is 2.30. The quantitative estimate of drug-likeness (QED) is 0.471. The minimum atomic E-state index is -4.28. The van der Waals surface area contributed by atoms with Crippen molar-refractivity contribution < 1.29 is 27.4 Å². The Balaban J connectivity index is 1.72. The molecule has 0 fully saturated rings. The SMILES string of the molecule is CCN1C(=O)N[C@@H](CCC(F)(F)F)CCCCCOc2cc(nn3ccnc23)-c2cc(cnc2OC)[C@H]1C. The smallest absolute Gasteiger partial charge is 0.389 e. The van der Waals surface area contributed by atoms with Crippen molar-refractivity contribution in [1.82, 2.24) is 29.8 Å². The molecule has 0 unspecified atom stereocenters. The van der Waals surface area contributed by atoms with Crippen molar-refractivity contribution in [1.29, 1.82) is 0 Å². The number of nitrogens with one attached hydrogen (secondary N) is 1. The van der Waals surface area contributed by atoms with Gasteiger partial charge in [-0.05, 0) is 51.2 Å². The van der Waals surface area contributed by atoms with E-state index in [2.05, 4.69) is 20.4 Å². The van der Waals surface area contributed by atoms with Crippen LogP contribution in [0.3, 0.4) is 0 Å². The molecule has 12 heteroatoms. The summed E-state index contributed by atoms with van der Waals surface area (Å²) in [5.74, 6) is 0.913. The van der Waals surface area contributed by atoms with E-state index in [1.54, 1.807) is 34.1 Å². The number of imidazole rings is 1. The van der Waals surface area contributed by atoms with Crippen molar-refractivity contribution in [2.75, 3.05) is 20.3 Å². The zero-order valence-electron chi connectivity index (χ0n) is 21.8. The first-order valence-electron chi connectivity index (χ1n) is 12.9. The van der Waals surface area contributed by atoms with Gasteiger partial charge < -0.3 is 19.7 Å². The standard InChI is InChI=1S/C26H33F3N6O3/c1-4-34-17(2)18-14-20(24(37-3)31-16-18)21-15-22(23-30-11-12-35(23)33-21)38-13-7-5-6-8-19(32-25(34)36)9-10-26(27,28)29/h11-12,14-17,19H,4-10,13H2,1-3H3,(H,32,36)/t17-,19-/m1/s1. The molecule has 3 aromatic rings. The number of urea groups is 1. The molecule has 0 spiro atoms. The van der Waals surface area contributed by atoms with Gasteiger partial charge in [0.05, 0.1) is 25.3 Å². The maximum absolute atomic E-state index is 13.3. The van der Waals surface area contributed by atoms with Crippen molar-refractivity contribution in [3.8, 4) is 22.9 Å². The van der Waals surface area contributed by atoms with E-state index in [0.29, 0.717) is 60.9 Å². The summed E-state index contributed by atoms with van der Waals surface area (Å²) in [6, 6.07) is 2.25. The number of rotatable bonds is 4. The van der Waals surface area contributed by atoms with E-state index >= 15 is 0 Å². The highest BCUT2D eigenvalue weighted by molar-refractivity contribution is 5.75. The Labute approximate surface area is 219 Å². The van der Waals surface area contributed by atoms with Gasteiger partial charge in [-0.25, -0.2) is 19.3 Å². The van der Waals surface area contributed by atoms with Crippen molar-refractivity contribution in [2.24, 2.45) is 0 Å². The predicted octanol–water partition coefficient (Wildman–Crippen LogP) is 5.56. The number of methoxy groups -OCH3 is 1. The summed E-state index contributed by atoms with van der Waals surface area (Å²) in [7, 11) is 1.52. The van der Waals surface area contributed by atoms with Crippen LogP contribution in [0.4, 0.5) is 18.0 Å². The Morgan fingerprint density at radius 1 is 1.21 bits per heavy atom. The Kier molecular flexibility index (Phi) is 8.58. The number of pyridine rings is 1. The molecule has 4 bridgehead atoms. The lowest BCUT2D eigenvalue weighted by Crippen LogP contribution is -2.46. The monoisotopic (exact) mass is 534 g/mol. The second-order valence-corrected chi connectivity index (χ2v) is 9.37. The normalized spacial score (nSPS) is 19.5. The number of carbonyl (C=O) groups is 1. The Morgan fingerprint density at radius 3 is 2.76 bits per heavy atom. The summed E-state index contributed by atoms with van der Waals surface area (Å²) in [4.78, 5) is 23.7. The van der Waals surface area contributed by atoms with Crippen LogP contribution < -0.4 is 14.8 Å². The molecule has 2 amide bonds. The van der Waals surface area contributed by atoms with E-state index in [1.807, 2.05) is 19.9 Å². The minimum Gasteiger partial charge on any atom is -0.490 e. The number of aromatic nitrogens is 4. The van der Waals surface area contributed by atoms with Crippen LogP contribution >= 0.6 is 0 Å². The molecule has 0 saturated heterocycles. The van der Waals surface area contributed by atoms with Gasteiger partial charge in [-0.2, -0.15) is 18.3 Å². The molecule has 3 aromatic heterocycles. The van der Waals surface area contributed by atoms with Gasteiger partial charge >= 0.3 is 12.2 Å². The molecular weight excluding hydrogens is 501 g/mol. The third kappa shape index (κ3) is 6.46. The van der Waals surface area contributed by atoms with Gasteiger partial charge in [0.2, 0.25) is 5.88 Å². The van der Waals surface area contributed by atoms with E-state index in [4.69, 9.17) is 9.47 Å². The second kappa shape index (κ2) is 11.9. The van der Waals surface area contributed by atoms with Crippen molar-refractivity contribution in [2.45, 2.75) is 70.6 Å². The largest absolute Gasteiger partial charge is 0.490 e. The lowest BCUT2D eigenvalue weighted by molar-refractivity contribution is -0.136. The molecule has 1 N–H and O–H groups in total. The zero-order valence-corrected chi connectivity index (χ0v) is 21.8. The number of nitrogens with zero attached hydrogens (tertiary/aromatic N) is 5. The van der Waals surface area contributed by atoms with Crippen LogP contribution in [0, 0.1) is 0 Å². The van der Waals surface area contributed by atoms with Gasteiger partial charge in [-0.1, -0.05) is 6.42 Å². The van der Waals surface area contributed by atoms with E-state index in [0.717, 1.165) is 12.0 Å². The number of halogens is 3. The summed E-state index contributed by atoms with van der Waals surface area (Å²) < 4.78 is 52.1. The number of fused-ring (bicyclic) bond motifs is 7. The van der Waals surface area contributed by atoms with Crippen LogP contribution in [-0.2, 0) is 0 Å². The van der Waals surface area contributed by atoms with Gasteiger partial charge in [-0.3, -0.25) is 0 Å². The molecule has 1 aliphatic heterocycles. The lowest BCUT2D eigenvalue weighted by Gasteiger charge is -2.31. The molecule has 38 heavy (non-hydrogen) atoms. The van der Waals surface area contributed by atoms with Crippen LogP contribution in [0.5, 0.6) is 11.6 Å². The van der Waals surface area contributed by atoms with Crippen LogP contribution in [0.1, 0.15) is 64.0 Å². The summed E-state index contributed by atoms with van der Waals surface area (Å²) >= 11 is 0. The number of carbonyl (C=O) groups excluding carboxylic acids is 1. The van der Waals surface area contributed by atoms with Crippen molar-refractivity contribution in [3.63, 3.8) is 0 Å². The first-order chi connectivity index (χ1) is 18.2. The molecular formula is C26H33F3N6O3. The Hall–Kier alpha value is -3.57. The molecule has 0 aliphatic carbocycles. The molecule has 4 heterocycles. The van der Waals surface area contributed by atoms with Gasteiger partial charge in [0.15, 0.2) is 11.4 Å². The van der Waals surface area contributed by atoms with Crippen LogP contribution in [0.2, 0.25) is 0 Å². The summed E-state index contributed by atoms with van der Waals surface area (Å²) in [6.07, 6.45) is 2.15. The minimum absolute atomic E-state index is 0.165. The van der Waals surface area contributed by atoms with E-state index in [-0.39, 0.29) is 6.42 Å². The summed E-state index contributed by atoms with van der Waals surface area (Å²) in [5.41, 5.74) is 2.47. The lowest BCUT2D eigenvalue weighted by atomic mass is 10.0. The third-order valence-electron chi connectivity index (χ3n) is 6.78. The molecule has 0 aromatic carbocycles. The molecule has 9 nitrogen and oxygen atoms in total. The fourth-order valence-electron chi connectivity index (χ4n) is 4.68. The number of ether oxygens (including phenoxy) is 2. The molecule has 0 radical (unpaired) electrons. The zero-order chi connectivity index (χ0) is 27.3. The average molecular weight is 535 g/mol. The molecule has 206 valence electrons. The number of hydrogen-bond acceptors (Lipinski definition) is 6. The van der Waals surface area contributed by atoms with E-state index in [9.17, 15) is 18.0 Å². The molecule has 4 rings (SSSR count). The summed E-state index contributed by atoms with van der Waals surface area (Å²) in [5, 5.41) is 7.52. The number of alkyl halides is 3. The van der Waals surface area contributed by atoms with Crippen LogP contribution in [-0.4, -0.2) is 63.0 Å². The first-order valence-corrected chi connectivity index (χ1v) is 12.9.